The number of pyridine rings is 1. The number of rotatable bonds is 6. The maximum absolute atomic E-state index is 13.8. The number of halogens is 1. The van der Waals surface area contributed by atoms with Crippen LogP contribution in [0.2, 0.25) is 0 Å². The first-order valence-electron chi connectivity index (χ1n) is 9.69. The summed E-state index contributed by atoms with van der Waals surface area (Å²) < 4.78 is 21.7. The molecule has 30 heavy (non-hydrogen) atoms. The molecule has 150 valence electrons. The van der Waals surface area contributed by atoms with Gasteiger partial charge in [-0.05, 0) is 42.0 Å². The van der Waals surface area contributed by atoms with Crippen LogP contribution < -0.4 is 15.8 Å². The van der Waals surface area contributed by atoms with Crippen molar-refractivity contribution in [2.75, 3.05) is 5.73 Å². The smallest absolute Gasteiger partial charge is 0.128 e. The van der Waals surface area contributed by atoms with E-state index in [2.05, 4.69) is 4.99 Å². The second-order valence-electron chi connectivity index (χ2n) is 6.93. The third kappa shape index (κ3) is 4.94. The summed E-state index contributed by atoms with van der Waals surface area (Å²) in [5, 5.41) is 0.649. The monoisotopic (exact) mass is 399 g/mol. The first-order valence-corrected chi connectivity index (χ1v) is 9.69. The van der Waals surface area contributed by atoms with Crippen LogP contribution in [0.5, 0.6) is 11.5 Å². The van der Waals surface area contributed by atoms with Gasteiger partial charge in [0, 0.05) is 24.5 Å². The fourth-order valence-corrected chi connectivity index (χ4v) is 3.13. The number of nitrogens with zero attached hydrogens (tertiary/aromatic N) is 2. The Kier molecular flexibility index (Phi) is 5.90. The number of benzene rings is 3. The van der Waals surface area contributed by atoms with Gasteiger partial charge in [-0.1, -0.05) is 48.5 Å². The first kappa shape index (κ1) is 19.5. The standard InChI is InChI=1S/C25H22FN3O/c26-23-12-5-4-8-20(23)16-28-25-13-14-29(18-24(25)27)17-19-7-6-11-22(15-19)30-21-9-2-1-3-10-21/h1-15,18H,16-17,27H2. The molecule has 0 amide bonds. The van der Waals surface area contributed by atoms with E-state index in [-0.39, 0.29) is 12.4 Å². The molecule has 3 aromatic carbocycles. The lowest BCUT2D eigenvalue weighted by atomic mass is 10.2. The van der Waals surface area contributed by atoms with Gasteiger partial charge in [0.2, 0.25) is 0 Å². The van der Waals surface area contributed by atoms with E-state index in [0.717, 1.165) is 17.1 Å². The van der Waals surface area contributed by atoms with Crippen LogP contribution in [-0.2, 0) is 13.1 Å². The zero-order valence-electron chi connectivity index (χ0n) is 16.4. The van der Waals surface area contributed by atoms with Crippen LogP contribution in [0.25, 0.3) is 0 Å². The molecule has 0 bridgehead atoms. The molecule has 4 nitrogen and oxygen atoms in total. The summed E-state index contributed by atoms with van der Waals surface area (Å²) in [5.74, 6) is 1.32. The second-order valence-corrected chi connectivity index (χ2v) is 6.93. The van der Waals surface area contributed by atoms with Crippen LogP contribution in [-0.4, -0.2) is 4.57 Å². The maximum atomic E-state index is 13.8. The maximum Gasteiger partial charge on any atom is 0.128 e. The lowest BCUT2D eigenvalue weighted by molar-refractivity contribution is 0.481. The lowest BCUT2D eigenvalue weighted by Gasteiger charge is -2.10. The van der Waals surface area contributed by atoms with Crippen molar-refractivity contribution in [3.63, 3.8) is 0 Å². The Bertz CT molecular complexity index is 1200. The minimum atomic E-state index is -0.261. The largest absolute Gasteiger partial charge is 0.457 e. The minimum Gasteiger partial charge on any atom is -0.457 e. The molecule has 0 radical (unpaired) electrons. The van der Waals surface area contributed by atoms with Gasteiger partial charge in [-0.15, -0.1) is 0 Å². The number of nitrogen functional groups attached to an aromatic ring is 1. The van der Waals surface area contributed by atoms with Crippen LogP contribution in [0.3, 0.4) is 0 Å². The molecule has 0 saturated carbocycles. The minimum absolute atomic E-state index is 0.250. The fourth-order valence-electron chi connectivity index (χ4n) is 3.13. The van der Waals surface area contributed by atoms with Crippen LogP contribution in [0.4, 0.5) is 10.1 Å². The Morgan fingerprint density at radius 3 is 2.43 bits per heavy atom. The highest BCUT2D eigenvalue weighted by atomic mass is 19.1. The Morgan fingerprint density at radius 1 is 0.867 bits per heavy atom. The van der Waals surface area contributed by atoms with E-state index in [9.17, 15) is 4.39 Å². The summed E-state index contributed by atoms with van der Waals surface area (Å²) in [7, 11) is 0. The van der Waals surface area contributed by atoms with Crippen molar-refractivity contribution < 1.29 is 9.13 Å². The molecule has 0 spiro atoms. The molecule has 0 unspecified atom stereocenters. The Labute approximate surface area is 174 Å². The molecular formula is C25H22FN3O. The van der Waals surface area contributed by atoms with Crippen LogP contribution in [0.1, 0.15) is 11.1 Å². The first-order chi connectivity index (χ1) is 14.7. The summed E-state index contributed by atoms with van der Waals surface area (Å²) in [6.07, 6.45) is 3.76. The molecule has 0 aliphatic rings. The third-order valence-electron chi connectivity index (χ3n) is 4.64. The lowest BCUT2D eigenvalue weighted by Crippen LogP contribution is -2.13. The second kappa shape index (κ2) is 9.09. The molecule has 0 aliphatic heterocycles. The Balaban J connectivity index is 1.48. The highest BCUT2D eigenvalue weighted by Crippen LogP contribution is 2.22. The van der Waals surface area contributed by atoms with E-state index in [1.165, 1.54) is 6.07 Å². The van der Waals surface area contributed by atoms with Gasteiger partial charge >= 0.3 is 0 Å². The SMILES string of the molecule is Nc1cn(Cc2cccc(Oc3ccccc3)c2)ccc1=NCc1ccccc1F. The molecule has 1 heterocycles. The van der Waals surface area contributed by atoms with E-state index in [1.54, 1.807) is 18.2 Å². The van der Waals surface area contributed by atoms with Crippen molar-refractivity contribution in [3.05, 3.63) is 120 Å². The van der Waals surface area contributed by atoms with Gasteiger partial charge in [0.15, 0.2) is 0 Å². The van der Waals surface area contributed by atoms with Crippen molar-refractivity contribution in [1.29, 1.82) is 0 Å². The van der Waals surface area contributed by atoms with Gasteiger partial charge in [0.25, 0.3) is 0 Å². The summed E-state index contributed by atoms with van der Waals surface area (Å²) in [6, 6.07) is 26.1. The molecule has 0 atom stereocenters. The molecule has 0 saturated heterocycles. The topological polar surface area (TPSA) is 52.5 Å². The zero-order valence-corrected chi connectivity index (χ0v) is 16.4. The summed E-state index contributed by atoms with van der Waals surface area (Å²) in [4.78, 5) is 4.45. The normalized spacial score (nSPS) is 11.4. The van der Waals surface area contributed by atoms with Gasteiger partial charge in [0.1, 0.15) is 17.3 Å². The van der Waals surface area contributed by atoms with E-state index < -0.39 is 0 Å². The highest BCUT2D eigenvalue weighted by molar-refractivity contribution is 5.36. The van der Waals surface area contributed by atoms with Gasteiger partial charge in [0.05, 0.1) is 17.6 Å². The molecule has 4 rings (SSSR count). The number of ether oxygens (including phenoxy) is 1. The number of hydrogen-bond donors (Lipinski definition) is 1. The van der Waals surface area contributed by atoms with E-state index in [1.807, 2.05) is 77.6 Å². The average Bonchev–Trinajstić information content (AvgIpc) is 2.75. The van der Waals surface area contributed by atoms with Gasteiger partial charge in [-0.3, -0.25) is 4.99 Å². The van der Waals surface area contributed by atoms with Crippen LogP contribution >= 0.6 is 0 Å². The van der Waals surface area contributed by atoms with E-state index >= 15 is 0 Å². The predicted molar refractivity (Wildman–Crippen MR) is 117 cm³/mol. The van der Waals surface area contributed by atoms with E-state index in [0.29, 0.717) is 23.2 Å². The quantitative estimate of drug-likeness (QED) is 0.487. The number of aromatic nitrogens is 1. The zero-order chi connectivity index (χ0) is 20.8. The molecule has 4 aromatic rings. The van der Waals surface area contributed by atoms with Crippen molar-refractivity contribution >= 4 is 5.69 Å². The summed E-state index contributed by atoms with van der Waals surface area (Å²) in [6.45, 7) is 0.892. The molecule has 0 aliphatic carbocycles. The van der Waals surface area contributed by atoms with Crippen molar-refractivity contribution in [2.45, 2.75) is 13.1 Å². The van der Waals surface area contributed by atoms with Gasteiger partial charge in [-0.25, -0.2) is 4.39 Å². The van der Waals surface area contributed by atoms with Crippen molar-refractivity contribution in [1.82, 2.24) is 4.57 Å². The van der Waals surface area contributed by atoms with E-state index in [4.69, 9.17) is 10.5 Å². The van der Waals surface area contributed by atoms with Crippen molar-refractivity contribution in [2.24, 2.45) is 4.99 Å². The van der Waals surface area contributed by atoms with Gasteiger partial charge < -0.3 is 15.0 Å². The fraction of sp³-hybridized carbons (Fsp3) is 0.0800. The predicted octanol–water partition coefficient (Wildman–Crippen LogP) is 5.15. The number of hydrogen-bond acceptors (Lipinski definition) is 3. The molecule has 0 fully saturated rings. The third-order valence-corrected chi connectivity index (χ3v) is 4.64. The van der Waals surface area contributed by atoms with Crippen LogP contribution in [0, 0.1) is 5.82 Å². The van der Waals surface area contributed by atoms with Crippen LogP contribution in [0.15, 0.2) is 102 Å². The molecule has 2 N–H and O–H groups in total. The average molecular weight is 399 g/mol. The van der Waals surface area contributed by atoms with Gasteiger partial charge in [-0.2, -0.15) is 0 Å². The van der Waals surface area contributed by atoms with Crippen molar-refractivity contribution in [3.8, 4) is 11.5 Å². The molecule has 5 heteroatoms. The Morgan fingerprint density at radius 2 is 1.63 bits per heavy atom. The summed E-state index contributed by atoms with van der Waals surface area (Å²) in [5.41, 5.74) is 8.36. The highest BCUT2D eigenvalue weighted by Gasteiger charge is 2.02. The number of para-hydroxylation sites is 1. The number of anilines is 1. The molecule has 1 aromatic heterocycles. The molecular weight excluding hydrogens is 377 g/mol. The Hall–Kier alpha value is -3.86. The number of nitrogens with two attached hydrogens (primary N) is 1. The summed E-state index contributed by atoms with van der Waals surface area (Å²) >= 11 is 0.